The molecule has 94 valence electrons. The molecule has 3 rings (SSSR count). The van der Waals surface area contributed by atoms with Crippen molar-refractivity contribution in [2.75, 3.05) is 0 Å². The highest BCUT2D eigenvalue weighted by molar-refractivity contribution is 5.86. The third kappa shape index (κ3) is 1.99. The Morgan fingerprint density at radius 3 is 3.00 bits per heavy atom. The van der Waals surface area contributed by atoms with Crippen molar-refractivity contribution in [1.82, 2.24) is 20.2 Å². The third-order valence-electron chi connectivity index (χ3n) is 2.55. The van der Waals surface area contributed by atoms with Crippen LogP contribution in [0.1, 0.15) is 11.6 Å². The average molecular weight is 255 g/mol. The van der Waals surface area contributed by atoms with Gasteiger partial charge in [-0.3, -0.25) is 0 Å². The van der Waals surface area contributed by atoms with E-state index in [1.807, 2.05) is 24.3 Å². The molecular weight excluding hydrogens is 246 g/mol. The van der Waals surface area contributed by atoms with Crippen LogP contribution in [0.3, 0.4) is 0 Å². The van der Waals surface area contributed by atoms with Gasteiger partial charge in [0.05, 0.1) is 12.4 Å². The van der Waals surface area contributed by atoms with Crippen LogP contribution in [-0.4, -0.2) is 20.2 Å². The van der Waals surface area contributed by atoms with E-state index in [1.165, 1.54) is 4.80 Å². The molecule has 2 aromatic heterocycles. The maximum atomic E-state index is 9.05. The summed E-state index contributed by atoms with van der Waals surface area (Å²) in [6.45, 7) is 0.131. The fourth-order valence-electron chi connectivity index (χ4n) is 1.76. The Kier molecular flexibility index (Phi) is 2.61. The summed E-state index contributed by atoms with van der Waals surface area (Å²) >= 11 is 0. The molecule has 7 heteroatoms. The van der Waals surface area contributed by atoms with Crippen molar-refractivity contribution in [3.05, 3.63) is 35.9 Å². The molecule has 0 aliphatic heterocycles. The largest absolute Gasteiger partial charge is 0.480 e. The van der Waals surface area contributed by atoms with E-state index in [9.17, 15) is 0 Å². The molecule has 0 spiro atoms. The molecule has 0 unspecified atom stereocenters. The Morgan fingerprint density at radius 2 is 2.26 bits per heavy atom. The van der Waals surface area contributed by atoms with Crippen LogP contribution in [0, 0.1) is 11.3 Å². The summed E-state index contributed by atoms with van der Waals surface area (Å²) in [6.07, 6.45) is 0. The molecule has 0 fully saturated rings. The van der Waals surface area contributed by atoms with Gasteiger partial charge in [0.15, 0.2) is 12.4 Å². The number of tetrazole rings is 1. The number of para-hydroxylation sites is 1. The second kappa shape index (κ2) is 4.42. The molecule has 0 saturated carbocycles. The Bertz CT molecular complexity index is 768. The van der Waals surface area contributed by atoms with Crippen LogP contribution >= 0.6 is 0 Å². The molecule has 19 heavy (non-hydrogen) atoms. The second-order valence-electron chi connectivity index (χ2n) is 3.85. The number of nitriles is 1. The first kappa shape index (κ1) is 11.2. The van der Waals surface area contributed by atoms with Gasteiger partial charge in [0.2, 0.25) is 11.6 Å². The molecule has 0 aliphatic carbocycles. The molecule has 0 N–H and O–H groups in total. The second-order valence-corrected chi connectivity index (χ2v) is 3.85. The maximum Gasteiger partial charge on any atom is 0.246 e. The zero-order chi connectivity index (χ0) is 13.2. The van der Waals surface area contributed by atoms with Crippen LogP contribution in [0.25, 0.3) is 11.0 Å². The van der Waals surface area contributed by atoms with Crippen molar-refractivity contribution in [3.8, 4) is 11.8 Å². The van der Waals surface area contributed by atoms with Crippen molar-refractivity contribution in [2.24, 2.45) is 7.05 Å². The van der Waals surface area contributed by atoms with Crippen molar-refractivity contribution in [3.63, 3.8) is 0 Å². The lowest BCUT2D eigenvalue weighted by Crippen LogP contribution is -1.99. The number of aryl methyl sites for hydroxylation is 1. The predicted octanol–water partition coefficient (Wildman–Crippen LogP) is 1.41. The van der Waals surface area contributed by atoms with Gasteiger partial charge in [-0.15, -0.1) is 10.2 Å². The number of ether oxygens (including phenoxy) is 1. The summed E-state index contributed by atoms with van der Waals surface area (Å²) < 4.78 is 11.0. The van der Waals surface area contributed by atoms with Gasteiger partial charge >= 0.3 is 0 Å². The van der Waals surface area contributed by atoms with E-state index in [4.69, 9.17) is 14.4 Å². The van der Waals surface area contributed by atoms with Crippen LogP contribution in [-0.2, 0) is 13.7 Å². The van der Waals surface area contributed by atoms with E-state index in [2.05, 4.69) is 15.4 Å². The van der Waals surface area contributed by atoms with Gasteiger partial charge in [-0.25, -0.2) is 0 Å². The van der Waals surface area contributed by atoms with Crippen LogP contribution in [0.2, 0.25) is 0 Å². The van der Waals surface area contributed by atoms with Crippen LogP contribution in [0.4, 0.5) is 0 Å². The van der Waals surface area contributed by atoms with Crippen molar-refractivity contribution >= 4 is 11.0 Å². The Hall–Kier alpha value is -2.88. The number of rotatable bonds is 3. The smallest absolute Gasteiger partial charge is 0.246 e. The lowest BCUT2D eigenvalue weighted by molar-refractivity contribution is 0.293. The first-order valence-corrected chi connectivity index (χ1v) is 5.55. The third-order valence-corrected chi connectivity index (χ3v) is 2.55. The number of benzene rings is 1. The van der Waals surface area contributed by atoms with E-state index in [-0.39, 0.29) is 12.4 Å². The number of hydrogen-bond donors (Lipinski definition) is 0. The Balaban J connectivity index is 1.93. The minimum absolute atomic E-state index is 0.131. The highest BCUT2D eigenvalue weighted by atomic mass is 16.5. The first-order chi connectivity index (χ1) is 9.28. The predicted molar refractivity (Wildman–Crippen MR) is 64.1 cm³/mol. The first-order valence-electron chi connectivity index (χ1n) is 5.55. The quantitative estimate of drug-likeness (QED) is 0.702. The maximum absolute atomic E-state index is 9.05. The zero-order valence-electron chi connectivity index (χ0n) is 10.1. The fraction of sp³-hybridized carbons (Fsp3) is 0.167. The summed E-state index contributed by atoms with van der Waals surface area (Å²) in [7, 11) is 1.67. The molecule has 0 bridgehead atoms. The van der Waals surface area contributed by atoms with Gasteiger partial charge in [0.25, 0.3) is 0 Å². The van der Waals surface area contributed by atoms with E-state index in [0.717, 1.165) is 5.39 Å². The number of nitrogens with zero attached hydrogens (tertiary/aromatic N) is 5. The van der Waals surface area contributed by atoms with Gasteiger partial charge in [-0.2, -0.15) is 10.1 Å². The summed E-state index contributed by atoms with van der Waals surface area (Å²) in [6, 6.07) is 9.27. The summed E-state index contributed by atoms with van der Waals surface area (Å²) in [4.78, 5) is 1.34. The number of hydrogen-bond acceptors (Lipinski definition) is 6. The molecule has 7 nitrogen and oxygen atoms in total. The van der Waals surface area contributed by atoms with Gasteiger partial charge in [0, 0.05) is 0 Å². The summed E-state index contributed by atoms with van der Waals surface area (Å²) in [5, 5.41) is 21.3. The van der Waals surface area contributed by atoms with E-state index in [1.54, 1.807) is 13.1 Å². The van der Waals surface area contributed by atoms with Gasteiger partial charge < -0.3 is 9.15 Å². The average Bonchev–Trinajstić information content (AvgIpc) is 2.99. The number of aromatic nitrogens is 4. The SMILES string of the molecule is Cn1nnc(COc2c(C#N)oc3ccccc23)n1. The van der Waals surface area contributed by atoms with Crippen molar-refractivity contribution in [2.45, 2.75) is 6.61 Å². The summed E-state index contributed by atoms with van der Waals surface area (Å²) in [5.41, 5.74) is 0.612. The molecule has 0 saturated heterocycles. The zero-order valence-corrected chi connectivity index (χ0v) is 10.1. The van der Waals surface area contributed by atoms with E-state index in [0.29, 0.717) is 17.2 Å². The highest BCUT2D eigenvalue weighted by Crippen LogP contribution is 2.32. The van der Waals surface area contributed by atoms with Crippen molar-refractivity contribution < 1.29 is 9.15 Å². The van der Waals surface area contributed by atoms with Gasteiger partial charge in [-0.05, 0) is 17.3 Å². The van der Waals surface area contributed by atoms with Crippen LogP contribution < -0.4 is 4.74 Å². The van der Waals surface area contributed by atoms with Gasteiger partial charge in [0.1, 0.15) is 11.7 Å². The van der Waals surface area contributed by atoms with Gasteiger partial charge in [-0.1, -0.05) is 12.1 Å². The Morgan fingerprint density at radius 1 is 1.42 bits per heavy atom. The minimum atomic E-state index is 0.131. The number of furan rings is 1. The molecule has 0 aliphatic rings. The molecule has 2 heterocycles. The standard InChI is InChI=1S/C12H9N5O2/c1-17-15-11(14-16-17)7-18-12-8-4-2-3-5-9(8)19-10(12)6-13/h2-5H,7H2,1H3. The molecular formula is C12H9N5O2. The topological polar surface area (TPSA) is 89.8 Å². The molecule has 3 aromatic rings. The normalized spacial score (nSPS) is 10.5. The summed E-state index contributed by atoms with van der Waals surface area (Å²) in [5.74, 6) is 0.993. The molecule has 0 atom stereocenters. The van der Waals surface area contributed by atoms with E-state index < -0.39 is 0 Å². The molecule has 0 amide bonds. The van der Waals surface area contributed by atoms with E-state index >= 15 is 0 Å². The molecule has 1 aromatic carbocycles. The monoisotopic (exact) mass is 255 g/mol. The van der Waals surface area contributed by atoms with Crippen LogP contribution in [0.15, 0.2) is 28.7 Å². The lowest BCUT2D eigenvalue weighted by atomic mass is 10.2. The highest BCUT2D eigenvalue weighted by Gasteiger charge is 2.15. The lowest BCUT2D eigenvalue weighted by Gasteiger charge is -2.00. The minimum Gasteiger partial charge on any atom is -0.480 e. The molecule has 0 radical (unpaired) electrons. The number of fused-ring (bicyclic) bond motifs is 1. The fourth-order valence-corrected chi connectivity index (χ4v) is 1.76. The van der Waals surface area contributed by atoms with Crippen molar-refractivity contribution in [1.29, 1.82) is 5.26 Å². The Labute approximate surface area is 108 Å². The van der Waals surface area contributed by atoms with Crippen LogP contribution in [0.5, 0.6) is 5.75 Å².